The lowest BCUT2D eigenvalue weighted by atomic mass is 10.1. The topological polar surface area (TPSA) is 67.2 Å². The first-order valence-electron chi connectivity index (χ1n) is 6.20. The van der Waals surface area contributed by atoms with Crippen LogP contribution in [0.25, 0.3) is 0 Å². The van der Waals surface area contributed by atoms with Crippen molar-refractivity contribution in [2.75, 3.05) is 11.9 Å². The van der Waals surface area contributed by atoms with Crippen molar-refractivity contribution in [3.05, 3.63) is 47.7 Å². The van der Waals surface area contributed by atoms with Crippen molar-refractivity contribution in [2.45, 2.75) is 6.42 Å². The Kier molecular flexibility index (Phi) is 4.53. The van der Waals surface area contributed by atoms with Crippen LogP contribution in [-0.2, 0) is 7.05 Å². The second-order valence-electron chi connectivity index (χ2n) is 4.15. The Bertz CT molecular complexity index is 665. The van der Waals surface area contributed by atoms with E-state index in [2.05, 4.69) is 22.3 Å². The summed E-state index contributed by atoms with van der Waals surface area (Å²) < 4.78 is 1.61. The average Bonchev–Trinajstić information content (AvgIpc) is 2.85. The molecule has 1 aromatic heterocycles. The number of benzene rings is 1. The summed E-state index contributed by atoms with van der Waals surface area (Å²) in [6, 6.07) is 8.81. The van der Waals surface area contributed by atoms with E-state index in [1.165, 1.54) is 0 Å². The summed E-state index contributed by atoms with van der Waals surface area (Å²) in [6.07, 6.45) is 2.14. The van der Waals surface area contributed by atoms with Gasteiger partial charge in [-0.15, -0.1) is 0 Å². The number of aromatic nitrogens is 2. The minimum atomic E-state index is -0.252. The number of aliphatic hydroxyl groups excluding tert-OH is 1. The summed E-state index contributed by atoms with van der Waals surface area (Å²) >= 11 is 0. The maximum atomic E-state index is 12.2. The van der Waals surface area contributed by atoms with Gasteiger partial charge in [0, 0.05) is 31.3 Å². The fraction of sp³-hybridized carbons (Fsp3) is 0.200. The molecule has 5 heteroatoms. The molecule has 0 aliphatic carbocycles. The number of carbonyl (C=O) groups excluding carboxylic acids is 1. The van der Waals surface area contributed by atoms with Gasteiger partial charge in [-0.3, -0.25) is 9.48 Å². The molecule has 0 saturated heterocycles. The predicted molar refractivity (Wildman–Crippen MR) is 76.2 cm³/mol. The van der Waals surface area contributed by atoms with E-state index in [1.807, 2.05) is 6.07 Å². The highest BCUT2D eigenvalue weighted by Crippen LogP contribution is 2.10. The maximum Gasteiger partial charge on any atom is 0.258 e. The van der Waals surface area contributed by atoms with Gasteiger partial charge in [0.05, 0.1) is 12.2 Å². The van der Waals surface area contributed by atoms with Gasteiger partial charge in [0.15, 0.2) is 5.82 Å². The SMILES string of the molecule is Cn1ccc(NC(=O)c2ccccc2C#CCCO)n1. The number of carbonyl (C=O) groups is 1. The number of rotatable bonds is 3. The fourth-order valence-corrected chi connectivity index (χ4v) is 1.67. The molecule has 0 fully saturated rings. The van der Waals surface area contributed by atoms with E-state index in [1.54, 1.807) is 42.2 Å². The Balaban J connectivity index is 2.19. The van der Waals surface area contributed by atoms with E-state index in [0.717, 1.165) is 0 Å². The maximum absolute atomic E-state index is 12.2. The molecule has 1 heterocycles. The van der Waals surface area contributed by atoms with Gasteiger partial charge in [0.1, 0.15) is 0 Å². The van der Waals surface area contributed by atoms with Gasteiger partial charge >= 0.3 is 0 Å². The van der Waals surface area contributed by atoms with Crippen molar-refractivity contribution in [2.24, 2.45) is 7.05 Å². The van der Waals surface area contributed by atoms with Crippen LogP contribution in [0.5, 0.6) is 0 Å². The van der Waals surface area contributed by atoms with Gasteiger partial charge in [-0.1, -0.05) is 24.0 Å². The molecule has 2 N–H and O–H groups in total. The minimum Gasteiger partial charge on any atom is -0.395 e. The third-order valence-corrected chi connectivity index (χ3v) is 2.59. The van der Waals surface area contributed by atoms with Crippen molar-refractivity contribution in [3.8, 4) is 11.8 Å². The molecule has 0 bridgehead atoms. The van der Waals surface area contributed by atoms with E-state index in [4.69, 9.17) is 5.11 Å². The van der Waals surface area contributed by atoms with Gasteiger partial charge in [-0.25, -0.2) is 0 Å². The van der Waals surface area contributed by atoms with Crippen LogP contribution in [0.4, 0.5) is 5.82 Å². The number of hydrogen-bond donors (Lipinski definition) is 2. The first kappa shape index (κ1) is 13.8. The Morgan fingerprint density at radius 3 is 2.90 bits per heavy atom. The van der Waals surface area contributed by atoms with Crippen LogP contribution in [0.2, 0.25) is 0 Å². The van der Waals surface area contributed by atoms with E-state index in [-0.39, 0.29) is 12.5 Å². The Morgan fingerprint density at radius 2 is 2.20 bits per heavy atom. The number of nitrogens with zero attached hydrogens (tertiary/aromatic N) is 2. The zero-order valence-corrected chi connectivity index (χ0v) is 11.1. The summed E-state index contributed by atoms with van der Waals surface area (Å²) in [5.41, 5.74) is 1.12. The first-order valence-corrected chi connectivity index (χ1v) is 6.20. The Morgan fingerprint density at radius 1 is 1.40 bits per heavy atom. The Labute approximate surface area is 117 Å². The molecule has 0 spiro atoms. The fourth-order valence-electron chi connectivity index (χ4n) is 1.67. The number of hydrogen-bond acceptors (Lipinski definition) is 3. The second kappa shape index (κ2) is 6.55. The molecule has 2 rings (SSSR count). The third-order valence-electron chi connectivity index (χ3n) is 2.59. The van der Waals surface area contributed by atoms with Crippen LogP contribution in [0.3, 0.4) is 0 Å². The molecule has 0 radical (unpaired) electrons. The lowest BCUT2D eigenvalue weighted by Gasteiger charge is -2.04. The lowest BCUT2D eigenvalue weighted by Crippen LogP contribution is -2.14. The van der Waals surface area contributed by atoms with Gasteiger partial charge in [0.25, 0.3) is 5.91 Å². The summed E-state index contributed by atoms with van der Waals surface area (Å²) in [7, 11) is 1.78. The molecule has 20 heavy (non-hydrogen) atoms. The van der Waals surface area contributed by atoms with E-state index < -0.39 is 0 Å². The molecule has 0 aliphatic rings. The molecule has 102 valence electrons. The third kappa shape index (κ3) is 3.46. The van der Waals surface area contributed by atoms with Gasteiger partial charge < -0.3 is 10.4 Å². The number of amides is 1. The predicted octanol–water partition coefficient (Wildman–Crippen LogP) is 1.41. The largest absolute Gasteiger partial charge is 0.395 e. The zero-order chi connectivity index (χ0) is 14.4. The molecule has 0 unspecified atom stereocenters. The van der Waals surface area contributed by atoms with Gasteiger partial charge in [-0.2, -0.15) is 5.10 Å². The molecular formula is C15H15N3O2. The molecule has 2 aromatic rings. The normalized spacial score (nSPS) is 9.70. The van der Waals surface area contributed by atoms with Gasteiger partial charge in [0.2, 0.25) is 0 Å². The second-order valence-corrected chi connectivity index (χ2v) is 4.15. The van der Waals surface area contributed by atoms with Crippen molar-refractivity contribution >= 4 is 11.7 Å². The minimum absolute atomic E-state index is 0.00922. The van der Waals surface area contributed by atoms with Crippen LogP contribution >= 0.6 is 0 Å². The molecular weight excluding hydrogens is 254 g/mol. The van der Waals surface area contributed by atoms with Crippen LogP contribution in [-0.4, -0.2) is 27.4 Å². The Hall–Kier alpha value is -2.58. The van der Waals surface area contributed by atoms with Crippen LogP contribution in [0.1, 0.15) is 22.3 Å². The summed E-state index contributed by atoms with van der Waals surface area (Å²) in [5, 5.41) is 15.5. The van der Waals surface area contributed by atoms with Crippen LogP contribution < -0.4 is 5.32 Å². The smallest absolute Gasteiger partial charge is 0.258 e. The number of anilines is 1. The number of nitrogens with one attached hydrogen (secondary N) is 1. The summed E-state index contributed by atoms with van der Waals surface area (Å²) in [5.74, 6) is 5.95. The highest BCUT2D eigenvalue weighted by Gasteiger charge is 2.10. The quantitative estimate of drug-likeness (QED) is 0.828. The summed E-state index contributed by atoms with van der Waals surface area (Å²) in [4.78, 5) is 12.2. The summed E-state index contributed by atoms with van der Waals surface area (Å²) in [6.45, 7) is 0.00922. The first-order chi connectivity index (χ1) is 9.70. The zero-order valence-electron chi connectivity index (χ0n) is 11.1. The molecule has 0 saturated carbocycles. The van der Waals surface area contributed by atoms with E-state index in [9.17, 15) is 4.79 Å². The standard InChI is InChI=1S/C15H15N3O2/c1-18-10-9-14(17-18)16-15(20)13-8-3-2-6-12(13)7-4-5-11-19/h2-3,6,8-10,19H,5,11H2,1H3,(H,16,17,20). The van der Waals surface area contributed by atoms with E-state index >= 15 is 0 Å². The van der Waals surface area contributed by atoms with Crippen molar-refractivity contribution in [3.63, 3.8) is 0 Å². The molecule has 0 aliphatic heterocycles. The lowest BCUT2D eigenvalue weighted by molar-refractivity contribution is 0.102. The highest BCUT2D eigenvalue weighted by atomic mass is 16.2. The van der Waals surface area contributed by atoms with Gasteiger partial charge in [-0.05, 0) is 12.1 Å². The van der Waals surface area contributed by atoms with Crippen molar-refractivity contribution in [1.29, 1.82) is 0 Å². The molecule has 0 atom stereocenters. The van der Waals surface area contributed by atoms with Crippen LogP contribution in [0, 0.1) is 11.8 Å². The average molecular weight is 269 g/mol. The number of aliphatic hydroxyl groups is 1. The number of aryl methyl sites for hydroxylation is 1. The van der Waals surface area contributed by atoms with E-state index in [0.29, 0.717) is 23.4 Å². The van der Waals surface area contributed by atoms with Crippen molar-refractivity contribution in [1.82, 2.24) is 9.78 Å². The van der Waals surface area contributed by atoms with Crippen LogP contribution in [0.15, 0.2) is 36.5 Å². The molecule has 5 nitrogen and oxygen atoms in total. The monoisotopic (exact) mass is 269 g/mol. The molecule has 1 amide bonds. The highest BCUT2D eigenvalue weighted by molar-refractivity contribution is 6.05. The van der Waals surface area contributed by atoms with Crippen molar-refractivity contribution < 1.29 is 9.90 Å². The molecule has 1 aromatic carbocycles.